The summed E-state index contributed by atoms with van der Waals surface area (Å²) in [6, 6.07) is 5.29. The van der Waals surface area contributed by atoms with Gasteiger partial charge in [-0.25, -0.2) is 4.79 Å². The van der Waals surface area contributed by atoms with Gasteiger partial charge in [-0.1, -0.05) is 17.7 Å². The molecule has 1 aromatic rings. The van der Waals surface area contributed by atoms with Crippen LogP contribution >= 0.6 is 0 Å². The molecule has 5 heteroatoms. The van der Waals surface area contributed by atoms with Crippen LogP contribution in [-0.4, -0.2) is 25.2 Å². The van der Waals surface area contributed by atoms with Crippen LogP contribution in [0.2, 0.25) is 0 Å². The first-order valence-electron chi connectivity index (χ1n) is 5.80. The van der Waals surface area contributed by atoms with Gasteiger partial charge in [0.25, 0.3) is 0 Å². The molecule has 1 rings (SSSR count). The highest BCUT2D eigenvalue weighted by Gasteiger charge is 2.07. The van der Waals surface area contributed by atoms with Gasteiger partial charge in [-0.15, -0.1) is 0 Å². The summed E-state index contributed by atoms with van der Waals surface area (Å²) in [7, 11) is 0. The minimum absolute atomic E-state index is 0.134. The van der Waals surface area contributed by atoms with Crippen molar-refractivity contribution < 1.29 is 14.3 Å². The quantitative estimate of drug-likeness (QED) is 0.803. The monoisotopic (exact) mass is 250 g/mol. The van der Waals surface area contributed by atoms with E-state index in [1.54, 1.807) is 6.92 Å². The van der Waals surface area contributed by atoms with Crippen LogP contribution in [0, 0.1) is 13.8 Å². The van der Waals surface area contributed by atoms with Crippen molar-refractivity contribution in [2.45, 2.75) is 20.8 Å². The Balaban J connectivity index is 2.47. The molecule has 0 saturated carbocycles. The molecule has 2 amide bonds. The Hall–Kier alpha value is -2.04. The molecule has 0 aliphatic rings. The Morgan fingerprint density at radius 3 is 2.61 bits per heavy atom. The Bertz CT molecular complexity index is 444. The molecule has 0 aliphatic carbocycles. The van der Waals surface area contributed by atoms with Crippen molar-refractivity contribution in [3.05, 3.63) is 29.3 Å². The molecule has 0 heterocycles. The van der Waals surface area contributed by atoms with E-state index in [1.807, 2.05) is 32.0 Å². The molecule has 0 fully saturated rings. The van der Waals surface area contributed by atoms with Gasteiger partial charge < -0.3 is 15.4 Å². The maximum atomic E-state index is 11.5. The van der Waals surface area contributed by atoms with Crippen molar-refractivity contribution in [2.75, 3.05) is 18.5 Å². The van der Waals surface area contributed by atoms with E-state index in [2.05, 4.69) is 10.6 Å². The van der Waals surface area contributed by atoms with Crippen LogP contribution in [-0.2, 0) is 9.53 Å². The summed E-state index contributed by atoms with van der Waals surface area (Å²) in [5.74, 6) is -0.451. The molecule has 98 valence electrons. The standard InChI is InChI=1S/C13H18N2O3/c1-4-18-12(16)8-14-13(17)15-11-6-5-9(2)7-10(11)3/h5-7H,4,8H2,1-3H3,(H2,14,15,17). The predicted molar refractivity (Wildman–Crippen MR) is 69.6 cm³/mol. The van der Waals surface area contributed by atoms with E-state index in [0.29, 0.717) is 6.61 Å². The van der Waals surface area contributed by atoms with Gasteiger partial charge in [-0.2, -0.15) is 0 Å². The van der Waals surface area contributed by atoms with Gasteiger partial charge in [-0.05, 0) is 32.4 Å². The second-order valence-corrected chi connectivity index (χ2v) is 3.93. The third-order valence-electron chi connectivity index (χ3n) is 2.33. The van der Waals surface area contributed by atoms with Gasteiger partial charge >= 0.3 is 12.0 Å². The topological polar surface area (TPSA) is 67.4 Å². The van der Waals surface area contributed by atoms with Crippen molar-refractivity contribution in [3.63, 3.8) is 0 Å². The molecule has 5 nitrogen and oxygen atoms in total. The number of rotatable bonds is 4. The van der Waals surface area contributed by atoms with Crippen molar-refractivity contribution in [1.82, 2.24) is 5.32 Å². The summed E-state index contributed by atoms with van der Waals surface area (Å²) in [6.45, 7) is 5.78. The Morgan fingerprint density at radius 1 is 1.28 bits per heavy atom. The molecule has 0 radical (unpaired) electrons. The summed E-state index contributed by atoms with van der Waals surface area (Å²) >= 11 is 0. The lowest BCUT2D eigenvalue weighted by Crippen LogP contribution is -2.34. The number of urea groups is 1. The Labute approximate surface area is 107 Å². The van der Waals surface area contributed by atoms with Crippen molar-refractivity contribution >= 4 is 17.7 Å². The molecule has 0 bridgehead atoms. The largest absolute Gasteiger partial charge is 0.465 e. The van der Waals surface area contributed by atoms with Crippen molar-refractivity contribution in [2.24, 2.45) is 0 Å². The number of ether oxygens (including phenoxy) is 1. The number of carbonyl (C=O) groups is 2. The third-order valence-corrected chi connectivity index (χ3v) is 2.33. The van der Waals surface area contributed by atoms with Gasteiger partial charge in [0.1, 0.15) is 6.54 Å². The summed E-state index contributed by atoms with van der Waals surface area (Å²) in [6.07, 6.45) is 0. The highest BCUT2D eigenvalue weighted by Crippen LogP contribution is 2.15. The fraction of sp³-hybridized carbons (Fsp3) is 0.385. The molecular weight excluding hydrogens is 232 g/mol. The lowest BCUT2D eigenvalue weighted by Gasteiger charge is -2.10. The zero-order valence-electron chi connectivity index (χ0n) is 10.9. The first-order chi connectivity index (χ1) is 8.52. The van der Waals surface area contributed by atoms with Gasteiger partial charge in [0.15, 0.2) is 0 Å². The number of hydrogen-bond donors (Lipinski definition) is 2. The molecule has 0 spiro atoms. The summed E-state index contributed by atoms with van der Waals surface area (Å²) < 4.78 is 4.70. The number of aryl methyl sites for hydroxylation is 2. The summed E-state index contributed by atoms with van der Waals surface area (Å²) in [4.78, 5) is 22.6. The summed E-state index contributed by atoms with van der Waals surface area (Å²) in [5, 5.41) is 5.11. The highest BCUT2D eigenvalue weighted by molar-refractivity contribution is 5.92. The summed E-state index contributed by atoms with van der Waals surface area (Å²) in [5.41, 5.74) is 2.83. The number of hydrogen-bond acceptors (Lipinski definition) is 3. The maximum Gasteiger partial charge on any atom is 0.325 e. The lowest BCUT2D eigenvalue weighted by molar-refractivity contribution is -0.141. The van der Waals surface area contributed by atoms with E-state index in [1.165, 1.54) is 0 Å². The van der Waals surface area contributed by atoms with Crippen LogP contribution in [0.1, 0.15) is 18.1 Å². The molecule has 0 saturated heterocycles. The lowest BCUT2D eigenvalue weighted by atomic mass is 10.1. The van der Waals surface area contributed by atoms with Crippen LogP contribution in [0.3, 0.4) is 0 Å². The second kappa shape index (κ2) is 6.64. The van der Waals surface area contributed by atoms with E-state index < -0.39 is 12.0 Å². The number of benzene rings is 1. The van der Waals surface area contributed by atoms with Crippen LogP contribution in [0.25, 0.3) is 0 Å². The number of nitrogens with one attached hydrogen (secondary N) is 2. The van der Waals surface area contributed by atoms with Gasteiger partial charge in [0, 0.05) is 5.69 Å². The fourth-order valence-corrected chi connectivity index (χ4v) is 1.48. The molecule has 2 N–H and O–H groups in total. The van der Waals surface area contributed by atoms with Gasteiger partial charge in [0.2, 0.25) is 0 Å². The van der Waals surface area contributed by atoms with Gasteiger partial charge in [0.05, 0.1) is 6.61 Å². The third kappa shape index (κ3) is 4.45. The Morgan fingerprint density at radius 2 is 2.00 bits per heavy atom. The van der Waals surface area contributed by atoms with E-state index in [9.17, 15) is 9.59 Å². The smallest absolute Gasteiger partial charge is 0.325 e. The minimum atomic E-state index is -0.451. The number of anilines is 1. The van der Waals surface area contributed by atoms with Crippen LogP contribution in [0.15, 0.2) is 18.2 Å². The van der Waals surface area contributed by atoms with Crippen LogP contribution in [0.4, 0.5) is 10.5 Å². The average Bonchev–Trinajstić information content (AvgIpc) is 2.31. The molecule has 0 aromatic heterocycles. The zero-order chi connectivity index (χ0) is 13.5. The van der Waals surface area contributed by atoms with Crippen LogP contribution in [0.5, 0.6) is 0 Å². The zero-order valence-corrected chi connectivity index (χ0v) is 10.9. The molecule has 0 aliphatic heterocycles. The van der Waals surface area contributed by atoms with E-state index >= 15 is 0 Å². The molecule has 0 atom stereocenters. The van der Waals surface area contributed by atoms with Crippen molar-refractivity contribution in [1.29, 1.82) is 0 Å². The molecule has 0 unspecified atom stereocenters. The SMILES string of the molecule is CCOC(=O)CNC(=O)Nc1ccc(C)cc1C. The molecule has 1 aromatic carbocycles. The Kier molecular flexibility index (Phi) is 5.17. The van der Waals surface area contributed by atoms with Gasteiger partial charge in [-0.3, -0.25) is 4.79 Å². The van der Waals surface area contributed by atoms with Crippen molar-refractivity contribution in [3.8, 4) is 0 Å². The van der Waals surface area contributed by atoms with E-state index in [-0.39, 0.29) is 6.54 Å². The number of carbonyl (C=O) groups excluding carboxylic acids is 2. The number of amides is 2. The molecule has 18 heavy (non-hydrogen) atoms. The van der Waals surface area contributed by atoms with E-state index in [0.717, 1.165) is 16.8 Å². The highest BCUT2D eigenvalue weighted by atomic mass is 16.5. The fourth-order valence-electron chi connectivity index (χ4n) is 1.48. The molecular formula is C13H18N2O3. The number of esters is 1. The second-order valence-electron chi connectivity index (χ2n) is 3.93. The first-order valence-corrected chi connectivity index (χ1v) is 5.80. The maximum absolute atomic E-state index is 11.5. The minimum Gasteiger partial charge on any atom is -0.465 e. The van der Waals surface area contributed by atoms with Crippen LogP contribution < -0.4 is 10.6 Å². The van der Waals surface area contributed by atoms with E-state index in [4.69, 9.17) is 4.74 Å². The average molecular weight is 250 g/mol. The predicted octanol–water partition coefficient (Wildman–Crippen LogP) is 1.99. The first kappa shape index (κ1) is 14.0. The normalized spacial score (nSPS) is 9.72.